The summed E-state index contributed by atoms with van der Waals surface area (Å²) in [6.45, 7) is -0.0177. The third-order valence-corrected chi connectivity index (χ3v) is 2.53. The number of hydrogen-bond donors (Lipinski definition) is 1. The van der Waals surface area contributed by atoms with Crippen molar-refractivity contribution in [2.45, 2.75) is 12.9 Å². The smallest absolute Gasteiger partial charge is 0.386 e. The summed E-state index contributed by atoms with van der Waals surface area (Å²) in [7, 11) is 0. The van der Waals surface area contributed by atoms with Crippen LogP contribution >= 0.6 is 27.5 Å². The summed E-state index contributed by atoms with van der Waals surface area (Å²) in [5.41, 5.74) is 5.62. The standard InChI is InChI=1S/C7H5BrClF3N2O/c8-4-2-14-6(15-7(10,11)12)5(9)3(4)1-13/h2H,1,13H2. The summed E-state index contributed by atoms with van der Waals surface area (Å²) in [4.78, 5) is 3.40. The van der Waals surface area contributed by atoms with Crippen LogP contribution in [0.5, 0.6) is 5.88 Å². The van der Waals surface area contributed by atoms with Gasteiger partial charge in [-0.1, -0.05) is 11.6 Å². The number of nitrogens with two attached hydrogens (primary N) is 1. The number of rotatable bonds is 2. The SMILES string of the molecule is NCc1c(Br)cnc(OC(F)(F)F)c1Cl. The van der Waals surface area contributed by atoms with Gasteiger partial charge in [-0.3, -0.25) is 0 Å². The van der Waals surface area contributed by atoms with Gasteiger partial charge in [0.25, 0.3) is 0 Å². The molecule has 0 aliphatic heterocycles. The second-order valence-electron chi connectivity index (χ2n) is 2.46. The van der Waals surface area contributed by atoms with E-state index in [0.29, 0.717) is 10.0 Å². The van der Waals surface area contributed by atoms with Crippen molar-refractivity contribution in [2.24, 2.45) is 5.73 Å². The van der Waals surface area contributed by atoms with E-state index in [9.17, 15) is 13.2 Å². The van der Waals surface area contributed by atoms with E-state index in [1.807, 2.05) is 0 Å². The topological polar surface area (TPSA) is 48.1 Å². The zero-order chi connectivity index (χ0) is 11.6. The van der Waals surface area contributed by atoms with Crippen molar-refractivity contribution >= 4 is 27.5 Å². The molecule has 0 saturated heterocycles. The second-order valence-corrected chi connectivity index (χ2v) is 3.69. The molecule has 0 aromatic carbocycles. The Kier molecular flexibility index (Phi) is 3.80. The van der Waals surface area contributed by atoms with Crippen molar-refractivity contribution in [3.8, 4) is 5.88 Å². The predicted molar refractivity (Wildman–Crippen MR) is 51.5 cm³/mol. The molecule has 3 nitrogen and oxygen atoms in total. The molecular weight excluding hydrogens is 300 g/mol. The summed E-state index contributed by atoms with van der Waals surface area (Å²) in [5, 5.41) is -0.246. The molecule has 0 radical (unpaired) electrons. The highest BCUT2D eigenvalue weighted by Gasteiger charge is 2.33. The van der Waals surface area contributed by atoms with Gasteiger partial charge in [0.2, 0.25) is 5.88 Å². The van der Waals surface area contributed by atoms with Gasteiger partial charge in [-0.05, 0) is 15.9 Å². The molecule has 0 atom stereocenters. The number of nitrogens with zero attached hydrogens (tertiary/aromatic N) is 1. The van der Waals surface area contributed by atoms with E-state index < -0.39 is 12.2 Å². The van der Waals surface area contributed by atoms with Crippen LogP contribution in [0, 0.1) is 0 Å². The molecular formula is C7H5BrClF3N2O. The van der Waals surface area contributed by atoms with Crippen molar-refractivity contribution in [1.29, 1.82) is 0 Å². The highest BCUT2D eigenvalue weighted by Crippen LogP contribution is 2.33. The van der Waals surface area contributed by atoms with Gasteiger partial charge < -0.3 is 10.5 Å². The Bertz CT molecular complexity index is 372. The lowest BCUT2D eigenvalue weighted by Gasteiger charge is -2.11. The maximum Gasteiger partial charge on any atom is 0.574 e. The highest BCUT2D eigenvalue weighted by molar-refractivity contribution is 9.10. The number of aromatic nitrogens is 1. The first-order valence-corrected chi connectivity index (χ1v) is 4.81. The molecule has 84 valence electrons. The molecule has 1 aromatic rings. The normalized spacial score (nSPS) is 11.6. The van der Waals surface area contributed by atoms with Crippen LogP contribution in [-0.2, 0) is 6.54 Å². The van der Waals surface area contributed by atoms with Gasteiger partial charge >= 0.3 is 6.36 Å². The first kappa shape index (κ1) is 12.5. The molecule has 0 aliphatic carbocycles. The van der Waals surface area contributed by atoms with Crippen molar-refractivity contribution < 1.29 is 17.9 Å². The molecule has 0 aliphatic rings. The third kappa shape index (κ3) is 3.22. The molecule has 1 heterocycles. The maximum absolute atomic E-state index is 11.9. The van der Waals surface area contributed by atoms with Crippen molar-refractivity contribution in [3.05, 3.63) is 21.3 Å². The third-order valence-electron chi connectivity index (χ3n) is 1.45. The van der Waals surface area contributed by atoms with Crippen LogP contribution in [0.2, 0.25) is 5.02 Å². The molecule has 15 heavy (non-hydrogen) atoms. The quantitative estimate of drug-likeness (QED) is 0.914. The van der Waals surface area contributed by atoms with Crippen LogP contribution < -0.4 is 10.5 Å². The van der Waals surface area contributed by atoms with Gasteiger partial charge in [-0.25, -0.2) is 4.98 Å². The van der Waals surface area contributed by atoms with Crippen LogP contribution in [-0.4, -0.2) is 11.3 Å². The largest absolute Gasteiger partial charge is 0.574 e. The average Bonchev–Trinajstić information content (AvgIpc) is 2.09. The molecule has 0 spiro atoms. The maximum atomic E-state index is 11.9. The molecule has 0 amide bonds. The number of pyridine rings is 1. The van der Waals surface area contributed by atoms with E-state index in [0.717, 1.165) is 6.20 Å². The summed E-state index contributed by atoms with van der Waals surface area (Å²) in [5.74, 6) is -0.701. The Hall–Kier alpha value is -0.530. The summed E-state index contributed by atoms with van der Waals surface area (Å²) in [6, 6.07) is 0. The fourth-order valence-electron chi connectivity index (χ4n) is 0.852. The van der Waals surface area contributed by atoms with E-state index >= 15 is 0 Å². The number of ether oxygens (including phenoxy) is 1. The summed E-state index contributed by atoms with van der Waals surface area (Å²) in [6.07, 6.45) is -3.68. The lowest BCUT2D eigenvalue weighted by atomic mass is 10.3. The van der Waals surface area contributed by atoms with E-state index in [1.54, 1.807) is 0 Å². The minimum atomic E-state index is -4.82. The van der Waals surface area contributed by atoms with Crippen LogP contribution in [0.3, 0.4) is 0 Å². The predicted octanol–water partition coefficient (Wildman–Crippen LogP) is 2.85. The van der Waals surface area contributed by atoms with E-state index in [-0.39, 0.29) is 11.6 Å². The monoisotopic (exact) mass is 304 g/mol. The van der Waals surface area contributed by atoms with E-state index in [2.05, 4.69) is 25.7 Å². The Morgan fingerprint density at radius 2 is 2.13 bits per heavy atom. The van der Waals surface area contributed by atoms with Crippen LogP contribution in [0.15, 0.2) is 10.7 Å². The molecule has 0 bridgehead atoms. The molecule has 0 fully saturated rings. The lowest BCUT2D eigenvalue weighted by Crippen LogP contribution is -2.18. The first-order valence-electron chi connectivity index (χ1n) is 3.64. The van der Waals surface area contributed by atoms with Crippen molar-refractivity contribution in [3.63, 3.8) is 0 Å². The fourth-order valence-corrected chi connectivity index (χ4v) is 1.69. The summed E-state index contributed by atoms with van der Waals surface area (Å²) < 4.78 is 39.7. The molecule has 1 rings (SSSR count). The Morgan fingerprint density at radius 3 is 2.60 bits per heavy atom. The van der Waals surface area contributed by atoms with Gasteiger partial charge in [0.1, 0.15) is 5.02 Å². The number of halogens is 5. The van der Waals surface area contributed by atoms with Crippen LogP contribution in [0.25, 0.3) is 0 Å². The van der Waals surface area contributed by atoms with Gasteiger partial charge in [0.15, 0.2) is 0 Å². The molecule has 0 unspecified atom stereocenters. The number of hydrogen-bond acceptors (Lipinski definition) is 3. The minimum absolute atomic E-state index is 0.0177. The van der Waals surface area contributed by atoms with Crippen LogP contribution in [0.1, 0.15) is 5.56 Å². The Labute approximate surface area is 96.5 Å². The van der Waals surface area contributed by atoms with Gasteiger partial charge in [0, 0.05) is 22.8 Å². The first-order chi connectivity index (χ1) is 6.85. The minimum Gasteiger partial charge on any atom is -0.386 e. The molecule has 1 aromatic heterocycles. The van der Waals surface area contributed by atoms with Crippen LogP contribution in [0.4, 0.5) is 13.2 Å². The average molecular weight is 305 g/mol. The summed E-state index contributed by atoms with van der Waals surface area (Å²) >= 11 is 8.68. The van der Waals surface area contributed by atoms with Crippen molar-refractivity contribution in [2.75, 3.05) is 0 Å². The Morgan fingerprint density at radius 1 is 1.53 bits per heavy atom. The lowest BCUT2D eigenvalue weighted by molar-refractivity contribution is -0.276. The van der Waals surface area contributed by atoms with E-state index in [4.69, 9.17) is 17.3 Å². The van der Waals surface area contributed by atoms with Gasteiger partial charge in [-0.2, -0.15) is 0 Å². The zero-order valence-electron chi connectivity index (χ0n) is 7.11. The molecule has 0 saturated carbocycles. The number of alkyl halides is 3. The zero-order valence-corrected chi connectivity index (χ0v) is 9.45. The fraction of sp³-hybridized carbons (Fsp3) is 0.286. The Balaban J connectivity index is 3.11. The van der Waals surface area contributed by atoms with Gasteiger partial charge in [-0.15, -0.1) is 13.2 Å². The molecule has 2 N–H and O–H groups in total. The highest BCUT2D eigenvalue weighted by atomic mass is 79.9. The van der Waals surface area contributed by atoms with Crippen molar-refractivity contribution in [1.82, 2.24) is 4.98 Å². The van der Waals surface area contributed by atoms with E-state index in [1.165, 1.54) is 0 Å². The molecule has 8 heteroatoms. The van der Waals surface area contributed by atoms with Gasteiger partial charge in [0.05, 0.1) is 0 Å². The second kappa shape index (κ2) is 4.54.